The van der Waals surface area contributed by atoms with Crippen LogP contribution in [-0.2, 0) is 17.6 Å². The fraction of sp³-hybridized carbons (Fsp3) is 0.435. The second kappa shape index (κ2) is 10.2. The van der Waals surface area contributed by atoms with Gasteiger partial charge in [-0.1, -0.05) is 42.5 Å². The molecule has 1 atom stereocenters. The number of nitrogens with one attached hydrogen (secondary N) is 1. The number of nitrogens with zero attached hydrogens (tertiary/aromatic N) is 2. The minimum Gasteiger partial charge on any atom is -0.497 e. The van der Waals surface area contributed by atoms with Crippen LogP contribution in [0.5, 0.6) is 5.75 Å². The number of benzene rings is 2. The van der Waals surface area contributed by atoms with E-state index in [9.17, 15) is 4.79 Å². The summed E-state index contributed by atoms with van der Waals surface area (Å²) in [5.74, 6) is 0.875. The van der Waals surface area contributed by atoms with Gasteiger partial charge in [-0.2, -0.15) is 0 Å². The van der Waals surface area contributed by atoms with Gasteiger partial charge in [0.15, 0.2) is 0 Å². The van der Waals surface area contributed by atoms with E-state index in [2.05, 4.69) is 46.4 Å². The number of carbonyl (C=O) groups is 1. The molecule has 5 heteroatoms. The molecule has 0 aliphatic carbocycles. The number of piperazine rings is 1. The van der Waals surface area contributed by atoms with Crippen molar-refractivity contribution in [2.24, 2.45) is 0 Å². The largest absolute Gasteiger partial charge is 0.497 e. The molecular formula is C23H31N3O2. The van der Waals surface area contributed by atoms with Gasteiger partial charge in [-0.25, -0.2) is 0 Å². The van der Waals surface area contributed by atoms with Crippen molar-refractivity contribution in [2.75, 3.05) is 46.9 Å². The molecule has 5 nitrogen and oxygen atoms in total. The molecular weight excluding hydrogens is 350 g/mol. The highest BCUT2D eigenvalue weighted by Crippen LogP contribution is 2.13. The average Bonchev–Trinajstić information content (AvgIpc) is 2.73. The monoisotopic (exact) mass is 381 g/mol. The molecule has 1 unspecified atom stereocenters. The lowest BCUT2D eigenvalue weighted by molar-refractivity contribution is -0.120. The Morgan fingerprint density at radius 2 is 1.68 bits per heavy atom. The first kappa shape index (κ1) is 20.4. The smallest absolute Gasteiger partial charge is 0.224 e. The molecule has 0 bridgehead atoms. The number of amides is 1. The Morgan fingerprint density at radius 1 is 1.00 bits per heavy atom. The van der Waals surface area contributed by atoms with Crippen molar-refractivity contribution in [2.45, 2.75) is 18.9 Å². The first-order valence-corrected chi connectivity index (χ1v) is 10.00. The number of methoxy groups -OCH3 is 1. The molecule has 0 aromatic heterocycles. The summed E-state index contributed by atoms with van der Waals surface area (Å²) in [7, 11) is 3.81. The van der Waals surface area contributed by atoms with E-state index in [1.807, 2.05) is 30.3 Å². The van der Waals surface area contributed by atoms with E-state index in [4.69, 9.17) is 4.74 Å². The molecule has 2 aromatic rings. The quantitative estimate of drug-likeness (QED) is 0.762. The minimum absolute atomic E-state index is 0.0670. The summed E-state index contributed by atoms with van der Waals surface area (Å²) >= 11 is 0. The minimum atomic E-state index is 0.0670. The lowest BCUT2D eigenvalue weighted by Gasteiger charge is -2.38. The van der Waals surface area contributed by atoms with E-state index in [1.165, 1.54) is 5.56 Å². The first-order chi connectivity index (χ1) is 13.6. The van der Waals surface area contributed by atoms with Crippen molar-refractivity contribution < 1.29 is 9.53 Å². The molecule has 1 heterocycles. The van der Waals surface area contributed by atoms with Crippen LogP contribution >= 0.6 is 0 Å². The van der Waals surface area contributed by atoms with Crippen molar-refractivity contribution in [3.63, 3.8) is 0 Å². The molecule has 150 valence electrons. The van der Waals surface area contributed by atoms with E-state index in [0.717, 1.165) is 43.9 Å². The highest BCUT2D eigenvalue weighted by Gasteiger charge is 2.23. The van der Waals surface area contributed by atoms with Gasteiger partial charge in [0.25, 0.3) is 0 Å². The highest BCUT2D eigenvalue weighted by atomic mass is 16.5. The van der Waals surface area contributed by atoms with Crippen LogP contribution in [0.15, 0.2) is 54.6 Å². The third kappa shape index (κ3) is 6.08. The standard InChI is InChI=1S/C23H31N3O2/c1-25-12-14-26(15-13-25)21(16-19-6-4-3-5-7-19)18-24-23(27)17-20-8-10-22(28-2)11-9-20/h3-11,21H,12-18H2,1-2H3,(H,24,27). The number of ether oxygens (including phenoxy) is 1. The molecule has 1 aliphatic rings. The summed E-state index contributed by atoms with van der Waals surface area (Å²) in [4.78, 5) is 17.4. The molecule has 1 amide bonds. The maximum Gasteiger partial charge on any atom is 0.224 e. The van der Waals surface area contributed by atoms with E-state index in [-0.39, 0.29) is 5.91 Å². The van der Waals surface area contributed by atoms with E-state index < -0.39 is 0 Å². The summed E-state index contributed by atoms with van der Waals surface area (Å²) in [5.41, 5.74) is 2.31. The van der Waals surface area contributed by atoms with Gasteiger partial charge in [0.2, 0.25) is 5.91 Å². The van der Waals surface area contributed by atoms with Gasteiger partial charge >= 0.3 is 0 Å². The molecule has 2 aromatic carbocycles. The number of carbonyl (C=O) groups excluding carboxylic acids is 1. The fourth-order valence-electron chi connectivity index (χ4n) is 3.63. The summed E-state index contributed by atoms with van der Waals surface area (Å²) in [6.07, 6.45) is 1.35. The van der Waals surface area contributed by atoms with Gasteiger partial charge in [0, 0.05) is 38.8 Å². The molecule has 0 radical (unpaired) electrons. The van der Waals surface area contributed by atoms with E-state index in [0.29, 0.717) is 19.0 Å². The molecule has 1 N–H and O–H groups in total. The van der Waals surface area contributed by atoms with Gasteiger partial charge in [-0.15, -0.1) is 0 Å². The summed E-state index contributed by atoms with van der Waals surface area (Å²) < 4.78 is 5.17. The zero-order chi connectivity index (χ0) is 19.8. The Hall–Kier alpha value is -2.37. The van der Waals surface area contributed by atoms with Gasteiger partial charge in [0.05, 0.1) is 13.5 Å². The summed E-state index contributed by atoms with van der Waals surface area (Å²) in [6, 6.07) is 18.5. The molecule has 0 saturated carbocycles. The third-order valence-electron chi connectivity index (χ3n) is 5.43. The van der Waals surface area contributed by atoms with Gasteiger partial charge in [-0.05, 0) is 36.7 Å². The Labute approximate surface area is 168 Å². The van der Waals surface area contributed by atoms with Crippen LogP contribution in [0, 0.1) is 0 Å². The number of hydrogen-bond acceptors (Lipinski definition) is 4. The predicted molar refractivity (Wildman–Crippen MR) is 113 cm³/mol. The van der Waals surface area contributed by atoms with Crippen LogP contribution < -0.4 is 10.1 Å². The number of hydrogen-bond donors (Lipinski definition) is 1. The molecule has 0 spiro atoms. The third-order valence-corrected chi connectivity index (χ3v) is 5.43. The Bertz CT molecular complexity index is 725. The van der Waals surface area contributed by atoms with Crippen LogP contribution in [0.25, 0.3) is 0 Å². The van der Waals surface area contributed by atoms with Crippen molar-refractivity contribution in [3.05, 3.63) is 65.7 Å². The summed E-state index contributed by atoms with van der Waals surface area (Å²) in [6.45, 7) is 4.91. The molecule has 3 rings (SSSR count). The molecule has 1 aliphatic heterocycles. The Balaban J connectivity index is 1.57. The van der Waals surface area contributed by atoms with Crippen molar-refractivity contribution in [1.29, 1.82) is 0 Å². The maximum absolute atomic E-state index is 12.5. The molecule has 1 fully saturated rings. The first-order valence-electron chi connectivity index (χ1n) is 10.00. The fourth-order valence-corrected chi connectivity index (χ4v) is 3.63. The van der Waals surface area contributed by atoms with Crippen LogP contribution in [0.2, 0.25) is 0 Å². The maximum atomic E-state index is 12.5. The van der Waals surface area contributed by atoms with Crippen LogP contribution in [0.1, 0.15) is 11.1 Å². The van der Waals surface area contributed by atoms with Gasteiger partial charge in [0.1, 0.15) is 5.75 Å². The van der Waals surface area contributed by atoms with E-state index >= 15 is 0 Å². The highest BCUT2D eigenvalue weighted by molar-refractivity contribution is 5.78. The van der Waals surface area contributed by atoms with Crippen molar-refractivity contribution >= 4 is 5.91 Å². The van der Waals surface area contributed by atoms with Gasteiger partial charge < -0.3 is 15.0 Å². The molecule has 28 heavy (non-hydrogen) atoms. The number of rotatable bonds is 8. The predicted octanol–water partition coefficient (Wildman–Crippen LogP) is 2.21. The summed E-state index contributed by atoms with van der Waals surface area (Å²) in [5, 5.41) is 3.16. The number of likely N-dealkylation sites (N-methyl/N-ethyl adjacent to an activating group) is 1. The van der Waals surface area contributed by atoms with Crippen LogP contribution in [0.4, 0.5) is 0 Å². The van der Waals surface area contributed by atoms with Crippen molar-refractivity contribution in [3.8, 4) is 5.75 Å². The van der Waals surface area contributed by atoms with E-state index in [1.54, 1.807) is 7.11 Å². The van der Waals surface area contributed by atoms with Crippen LogP contribution in [0.3, 0.4) is 0 Å². The van der Waals surface area contributed by atoms with Crippen LogP contribution in [-0.4, -0.2) is 68.6 Å². The topological polar surface area (TPSA) is 44.8 Å². The zero-order valence-corrected chi connectivity index (χ0v) is 16.9. The Kier molecular flexibility index (Phi) is 7.46. The normalized spacial score (nSPS) is 16.5. The second-order valence-corrected chi connectivity index (χ2v) is 7.51. The Morgan fingerprint density at radius 3 is 2.32 bits per heavy atom. The SMILES string of the molecule is COc1ccc(CC(=O)NCC(Cc2ccccc2)N2CCN(C)CC2)cc1. The average molecular weight is 382 g/mol. The molecule has 1 saturated heterocycles. The van der Waals surface area contributed by atoms with Crippen molar-refractivity contribution in [1.82, 2.24) is 15.1 Å². The lowest BCUT2D eigenvalue weighted by Crippen LogP contribution is -2.53. The second-order valence-electron chi connectivity index (χ2n) is 7.51. The van der Waals surface area contributed by atoms with Gasteiger partial charge in [-0.3, -0.25) is 9.69 Å². The lowest BCUT2D eigenvalue weighted by atomic mass is 10.0. The zero-order valence-electron chi connectivity index (χ0n) is 16.9.